The van der Waals surface area contributed by atoms with Gasteiger partial charge in [0.1, 0.15) is 12.4 Å². The Kier molecular flexibility index (Phi) is 6.27. The van der Waals surface area contributed by atoms with Gasteiger partial charge in [-0.05, 0) is 72.8 Å². The molecule has 2 aromatic rings. The number of benzene rings is 1. The van der Waals surface area contributed by atoms with Crippen LogP contribution in [0.2, 0.25) is 0 Å². The normalized spacial score (nSPS) is 16.7. The summed E-state index contributed by atoms with van der Waals surface area (Å²) in [7, 11) is 1.63. The first-order valence-electron chi connectivity index (χ1n) is 9.50. The van der Waals surface area contributed by atoms with Crippen LogP contribution in [0, 0.1) is 20.8 Å². The van der Waals surface area contributed by atoms with E-state index < -0.39 is 12.0 Å². The third-order valence-corrected chi connectivity index (χ3v) is 5.78. The number of hydrogen-bond donors (Lipinski definition) is 1. The van der Waals surface area contributed by atoms with E-state index in [-0.39, 0.29) is 19.2 Å². The van der Waals surface area contributed by atoms with Crippen LogP contribution in [0.5, 0.6) is 5.75 Å². The highest BCUT2D eigenvalue weighted by molar-refractivity contribution is 7.08. The molecule has 2 heterocycles. The van der Waals surface area contributed by atoms with E-state index in [9.17, 15) is 9.59 Å². The number of carbonyl (C=O) groups excluding carboxylic acids is 2. The molecule has 6 nitrogen and oxygen atoms in total. The Labute approximate surface area is 175 Å². The Hall–Kier alpha value is -2.80. The average molecular weight is 415 g/mol. The minimum atomic E-state index is -0.567. The molecule has 0 radical (unpaired) electrons. The van der Waals surface area contributed by atoms with Crippen LogP contribution in [-0.2, 0) is 9.53 Å². The highest BCUT2D eigenvalue weighted by Crippen LogP contribution is 2.33. The van der Waals surface area contributed by atoms with Crippen molar-refractivity contribution in [1.82, 2.24) is 10.2 Å². The topological polar surface area (TPSA) is 67.9 Å². The third kappa shape index (κ3) is 4.29. The van der Waals surface area contributed by atoms with Crippen molar-refractivity contribution in [2.24, 2.45) is 0 Å². The molecule has 0 spiro atoms. The first-order chi connectivity index (χ1) is 13.8. The molecule has 1 N–H and O–H groups in total. The molecule has 29 heavy (non-hydrogen) atoms. The van der Waals surface area contributed by atoms with Crippen LogP contribution in [0.3, 0.4) is 0 Å². The number of nitrogens with one attached hydrogen (secondary N) is 1. The van der Waals surface area contributed by atoms with E-state index >= 15 is 0 Å². The molecule has 0 fully saturated rings. The molecule has 1 aromatic carbocycles. The van der Waals surface area contributed by atoms with Crippen LogP contribution in [0.15, 0.2) is 40.2 Å². The molecule has 1 aliphatic heterocycles. The number of esters is 1. The Morgan fingerprint density at radius 2 is 2.03 bits per heavy atom. The molecule has 0 bridgehead atoms. The maximum atomic E-state index is 12.8. The highest BCUT2D eigenvalue weighted by Gasteiger charge is 2.37. The van der Waals surface area contributed by atoms with E-state index in [0.29, 0.717) is 11.3 Å². The second kappa shape index (κ2) is 8.69. The summed E-state index contributed by atoms with van der Waals surface area (Å²) >= 11 is 1.51. The maximum absolute atomic E-state index is 12.8. The van der Waals surface area contributed by atoms with Gasteiger partial charge in [0, 0.05) is 7.05 Å². The molecule has 1 atom stereocenters. The summed E-state index contributed by atoms with van der Waals surface area (Å²) in [6.45, 7) is 8.14. The minimum Gasteiger partial charge on any atom is -0.487 e. The molecule has 7 heteroatoms. The van der Waals surface area contributed by atoms with Crippen LogP contribution in [-0.4, -0.2) is 37.2 Å². The van der Waals surface area contributed by atoms with Gasteiger partial charge in [-0.2, -0.15) is 11.3 Å². The number of hydrogen-bond acceptors (Lipinski definition) is 5. The molecule has 0 saturated carbocycles. The van der Waals surface area contributed by atoms with Crippen LogP contribution < -0.4 is 10.1 Å². The number of rotatable bonds is 6. The third-order valence-electron chi connectivity index (χ3n) is 5.08. The van der Waals surface area contributed by atoms with Crippen molar-refractivity contribution in [1.29, 1.82) is 0 Å². The predicted molar refractivity (Wildman–Crippen MR) is 113 cm³/mol. The first-order valence-corrected chi connectivity index (χ1v) is 10.4. The van der Waals surface area contributed by atoms with Gasteiger partial charge in [0.05, 0.1) is 23.9 Å². The lowest BCUT2D eigenvalue weighted by Crippen LogP contribution is -2.48. The molecule has 0 saturated heterocycles. The number of nitrogens with zero attached hydrogens (tertiary/aromatic N) is 1. The van der Waals surface area contributed by atoms with Crippen molar-refractivity contribution >= 4 is 23.3 Å². The van der Waals surface area contributed by atoms with Gasteiger partial charge < -0.3 is 14.8 Å². The van der Waals surface area contributed by atoms with Crippen molar-refractivity contribution in [3.05, 3.63) is 62.5 Å². The number of amides is 2. The van der Waals surface area contributed by atoms with Gasteiger partial charge in [0.25, 0.3) is 0 Å². The van der Waals surface area contributed by atoms with Crippen molar-refractivity contribution in [3.8, 4) is 5.75 Å². The summed E-state index contributed by atoms with van der Waals surface area (Å²) in [6, 6.07) is 5.10. The number of aryl methyl sites for hydroxylation is 2. The lowest BCUT2D eigenvalue weighted by atomic mass is 9.97. The highest BCUT2D eigenvalue weighted by atomic mass is 32.1. The van der Waals surface area contributed by atoms with Crippen molar-refractivity contribution in [2.45, 2.75) is 33.7 Å². The Morgan fingerprint density at radius 1 is 1.28 bits per heavy atom. The van der Waals surface area contributed by atoms with Crippen LogP contribution in [0.1, 0.15) is 35.2 Å². The van der Waals surface area contributed by atoms with Gasteiger partial charge in [-0.3, -0.25) is 4.90 Å². The average Bonchev–Trinajstić information content (AvgIpc) is 3.20. The monoisotopic (exact) mass is 414 g/mol. The molecule has 3 rings (SSSR count). The smallest absolute Gasteiger partial charge is 0.338 e. The summed E-state index contributed by atoms with van der Waals surface area (Å²) in [6.07, 6.45) is 0. The molecule has 0 aliphatic carbocycles. The fraction of sp³-hybridized carbons (Fsp3) is 0.364. The molecule has 1 aliphatic rings. The standard InChI is InChI=1S/C22H26N2O4S/c1-6-27-21(25)19-17(11-28-18-10-13(2)9-14(3)15(18)4)24(5)22(26)23-20(19)16-7-8-29-12-16/h7-10,12,20H,6,11H2,1-5H3,(H,23,26)/t20-/m1/s1. The summed E-state index contributed by atoms with van der Waals surface area (Å²) in [5.41, 5.74) is 5.00. The summed E-state index contributed by atoms with van der Waals surface area (Å²) < 4.78 is 11.4. The molecule has 2 amide bonds. The molecule has 1 aromatic heterocycles. The van der Waals surface area contributed by atoms with Crippen molar-refractivity contribution in [2.75, 3.05) is 20.3 Å². The van der Waals surface area contributed by atoms with Crippen molar-refractivity contribution in [3.63, 3.8) is 0 Å². The SMILES string of the molecule is CCOC(=O)C1=C(COc2cc(C)cc(C)c2C)N(C)C(=O)N[C@@H]1c1ccsc1. The fourth-order valence-electron chi connectivity index (χ4n) is 3.37. The second-order valence-electron chi connectivity index (χ2n) is 7.07. The van der Waals surface area contributed by atoms with Gasteiger partial charge in [0.15, 0.2) is 0 Å². The minimum absolute atomic E-state index is 0.0858. The van der Waals surface area contributed by atoms with E-state index in [0.717, 1.165) is 28.0 Å². The van der Waals surface area contributed by atoms with Crippen LogP contribution in [0.25, 0.3) is 0 Å². The van der Waals surface area contributed by atoms with E-state index in [2.05, 4.69) is 11.4 Å². The zero-order valence-corrected chi connectivity index (χ0v) is 18.2. The van der Waals surface area contributed by atoms with E-state index in [4.69, 9.17) is 9.47 Å². The molecular formula is C22H26N2O4S. The number of thiophene rings is 1. The molecule has 154 valence electrons. The summed E-state index contributed by atoms with van der Waals surface area (Å²) in [4.78, 5) is 26.9. The maximum Gasteiger partial charge on any atom is 0.338 e. The van der Waals surface area contributed by atoms with Gasteiger partial charge in [-0.25, -0.2) is 9.59 Å². The van der Waals surface area contributed by atoms with Crippen LogP contribution >= 0.6 is 11.3 Å². The Bertz CT molecular complexity index is 950. The zero-order valence-electron chi connectivity index (χ0n) is 17.4. The molecule has 0 unspecified atom stereocenters. The quantitative estimate of drug-likeness (QED) is 0.717. The summed E-state index contributed by atoms with van der Waals surface area (Å²) in [5.74, 6) is 0.288. The Balaban J connectivity index is 2.03. The van der Waals surface area contributed by atoms with E-state index in [1.165, 1.54) is 16.2 Å². The lowest BCUT2D eigenvalue weighted by Gasteiger charge is -2.34. The lowest BCUT2D eigenvalue weighted by molar-refractivity contribution is -0.139. The number of carbonyl (C=O) groups is 2. The number of likely N-dealkylation sites (N-methyl/N-ethyl adjacent to an activating group) is 1. The second-order valence-corrected chi connectivity index (χ2v) is 7.85. The predicted octanol–water partition coefficient (Wildman–Crippen LogP) is 4.27. The van der Waals surface area contributed by atoms with Gasteiger partial charge >= 0.3 is 12.0 Å². The number of urea groups is 1. The molecular weight excluding hydrogens is 388 g/mol. The zero-order chi connectivity index (χ0) is 21.1. The number of ether oxygens (including phenoxy) is 2. The van der Waals surface area contributed by atoms with E-state index in [1.54, 1.807) is 14.0 Å². The Morgan fingerprint density at radius 3 is 2.69 bits per heavy atom. The van der Waals surface area contributed by atoms with E-state index in [1.807, 2.05) is 43.7 Å². The van der Waals surface area contributed by atoms with Gasteiger partial charge in [-0.15, -0.1) is 0 Å². The van der Waals surface area contributed by atoms with Crippen molar-refractivity contribution < 1.29 is 19.1 Å². The fourth-order valence-corrected chi connectivity index (χ4v) is 4.05. The first kappa shape index (κ1) is 20.9. The summed E-state index contributed by atoms with van der Waals surface area (Å²) in [5, 5.41) is 6.73. The van der Waals surface area contributed by atoms with Gasteiger partial charge in [-0.1, -0.05) is 6.07 Å². The van der Waals surface area contributed by atoms with Gasteiger partial charge in [0.2, 0.25) is 0 Å². The largest absolute Gasteiger partial charge is 0.487 e. The van der Waals surface area contributed by atoms with Crippen LogP contribution in [0.4, 0.5) is 4.79 Å².